The van der Waals surface area contributed by atoms with E-state index in [-0.39, 0.29) is 24.3 Å². The van der Waals surface area contributed by atoms with Gasteiger partial charge in [-0.3, -0.25) is 14.5 Å². The molecule has 3 aromatic rings. The quantitative estimate of drug-likeness (QED) is 0.306. The van der Waals surface area contributed by atoms with Gasteiger partial charge in [-0.25, -0.2) is 9.97 Å². The summed E-state index contributed by atoms with van der Waals surface area (Å²) in [5.74, 6) is 2.91. The highest BCUT2D eigenvalue weighted by atomic mass is 35.5. The minimum atomic E-state index is -0.455. The number of benzene rings is 2. The molecule has 2 N–H and O–H groups in total. The Bertz CT molecular complexity index is 1480. The van der Waals surface area contributed by atoms with Gasteiger partial charge in [0.1, 0.15) is 5.82 Å². The van der Waals surface area contributed by atoms with Gasteiger partial charge in [-0.05, 0) is 86.4 Å². The number of nitrogens with zero attached hydrogens (tertiary/aromatic N) is 4. The maximum absolute atomic E-state index is 13.8. The summed E-state index contributed by atoms with van der Waals surface area (Å²) < 4.78 is 11.7. The van der Waals surface area contributed by atoms with Gasteiger partial charge in [0.25, 0.3) is 0 Å². The Hall–Kier alpha value is -3.89. The second-order valence-electron chi connectivity index (χ2n) is 12.1. The van der Waals surface area contributed by atoms with E-state index in [0.717, 1.165) is 54.7 Å². The largest absolute Gasteiger partial charge is 0.493 e. The number of hydrogen-bond acceptors (Lipinski definition) is 8. The first-order chi connectivity index (χ1) is 21.7. The number of carbonyl (C=O) groups excluding carboxylic acids is 2. The van der Waals surface area contributed by atoms with Crippen LogP contribution in [0, 0.1) is 5.92 Å². The number of amides is 2. The molecule has 1 saturated carbocycles. The minimum absolute atomic E-state index is 0.0129. The Morgan fingerprint density at radius 1 is 1.09 bits per heavy atom. The SMILES string of the molecule is CNC(=O)CN[C@H]1CC[C@H](CN(C)c2cnc(N3C(=O)Cc4cc(OC)c(OC(C)C)cc4[C@@H]3c3ccc(Cl)cc3)cn2)CC1. The Morgan fingerprint density at radius 2 is 1.82 bits per heavy atom. The Kier molecular flexibility index (Phi) is 10.5. The summed E-state index contributed by atoms with van der Waals surface area (Å²) in [6.45, 7) is 5.16. The molecular weight excluding hydrogens is 592 g/mol. The third kappa shape index (κ3) is 7.68. The summed E-state index contributed by atoms with van der Waals surface area (Å²) in [4.78, 5) is 38.7. The third-order valence-corrected chi connectivity index (χ3v) is 8.86. The van der Waals surface area contributed by atoms with E-state index in [9.17, 15) is 9.59 Å². The molecule has 0 unspecified atom stereocenters. The van der Waals surface area contributed by atoms with Gasteiger partial charge in [0.05, 0.1) is 44.6 Å². The molecule has 5 rings (SSSR count). The Morgan fingerprint density at radius 3 is 2.44 bits per heavy atom. The molecule has 1 aliphatic carbocycles. The van der Waals surface area contributed by atoms with E-state index in [0.29, 0.717) is 40.8 Å². The van der Waals surface area contributed by atoms with E-state index in [2.05, 4.69) is 15.5 Å². The van der Waals surface area contributed by atoms with Crippen molar-refractivity contribution < 1.29 is 19.1 Å². The number of nitrogens with one attached hydrogen (secondary N) is 2. The molecule has 1 atom stereocenters. The number of carbonyl (C=O) groups is 2. The van der Waals surface area contributed by atoms with Crippen LogP contribution in [-0.4, -0.2) is 68.2 Å². The standard InChI is InChI=1S/C34H43ClN6O4/c1-21(2)45-29-16-27-24(14-28(29)44-5)15-33(43)41(34(27)23-8-10-25(35)11-9-23)31-18-38-30(17-39-31)40(4)20-22-6-12-26(13-7-22)37-19-32(42)36-3/h8-11,14,16-18,21-22,26,34,37H,6-7,12-13,15,19-20H2,1-5H3,(H,36,42)/t22-,26-,34-/m0/s1. The van der Waals surface area contributed by atoms with Crippen LogP contribution in [0.4, 0.5) is 11.6 Å². The molecule has 0 saturated heterocycles. The summed E-state index contributed by atoms with van der Waals surface area (Å²) in [7, 11) is 5.29. The number of hydrogen-bond donors (Lipinski definition) is 2. The Labute approximate surface area is 270 Å². The van der Waals surface area contributed by atoms with E-state index in [4.69, 9.17) is 31.0 Å². The molecular formula is C34H43ClN6O4. The molecule has 2 aromatic carbocycles. The molecule has 1 aromatic heterocycles. The summed E-state index contributed by atoms with van der Waals surface area (Å²) in [5.41, 5.74) is 2.72. The molecule has 2 aliphatic rings. The maximum atomic E-state index is 13.8. The minimum Gasteiger partial charge on any atom is -0.493 e. The van der Waals surface area contributed by atoms with Crippen molar-refractivity contribution in [2.24, 2.45) is 5.92 Å². The summed E-state index contributed by atoms with van der Waals surface area (Å²) in [6, 6.07) is 11.3. The van der Waals surface area contributed by atoms with E-state index < -0.39 is 6.04 Å². The topological polar surface area (TPSA) is 109 Å². The lowest BCUT2D eigenvalue weighted by molar-refractivity contribution is -0.120. The van der Waals surface area contributed by atoms with Gasteiger partial charge >= 0.3 is 0 Å². The van der Waals surface area contributed by atoms with Gasteiger partial charge in [0.15, 0.2) is 17.3 Å². The fraction of sp³-hybridized carbons (Fsp3) is 0.471. The van der Waals surface area contributed by atoms with E-state index in [1.54, 1.807) is 31.5 Å². The molecule has 0 spiro atoms. The number of rotatable bonds is 11. The van der Waals surface area contributed by atoms with Crippen molar-refractivity contribution in [2.75, 3.05) is 44.1 Å². The van der Waals surface area contributed by atoms with Crippen LogP contribution in [0.15, 0.2) is 48.8 Å². The fourth-order valence-electron chi connectivity index (χ4n) is 6.29. The molecule has 0 bridgehead atoms. The number of methoxy groups -OCH3 is 1. The molecule has 1 aliphatic heterocycles. The van der Waals surface area contributed by atoms with Crippen molar-refractivity contribution in [1.29, 1.82) is 0 Å². The van der Waals surface area contributed by atoms with Crippen LogP contribution in [0.3, 0.4) is 0 Å². The Balaban J connectivity index is 1.36. The van der Waals surface area contributed by atoms with Gasteiger partial charge < -0.3 is 25.0 Å². The van der Waals surface area contributed by atoms with Crippen LogP contribution < -0.4 is 29.9 Å². The predicted octanol–water partition coefficient (Wildman–Crippen LogP) is 4.94. The number of fused-ring (bicyclic) bond motifs is 1. The fourth-order valence-corrected chi connectivity index (χ4v) is 6.41. The van der Waals surface area contributed by atoms with Gasteiger partial charge in [-0.1, -0.05) is 23.7 Å². The molecule has 2 amide bonds. The lowest BCUT2D eigenvalue weighted by Crippen LogP contribution is -2.42. The molecule has 0 radical (unpaired) electrons. The van der Waals surface area contributed by atoms with Crippen LogP contribution in [0.5, 0.6) is 11.5 Å². The average Bonchev–Trinajstić information content (AvgIpc) is 3.04. The van der Waals surface area contributed by atoms with E-state index in [1.165, 1.54) is 0 Å². The zero-order valence-corrected chi connectivity index (χ0v) is 27.4. The summed E-state index contributed by atoms with van der Waals surface area (Å²) >= 11 is 6.25. The summed E-state index contributed by atoms with van der Waals surface area (Å²) in [6.07, 6.45) is 7.82. The molecule has 11 heteroatoms. The summed E-state index contributed by atoms with van der Waals surface area (Å²) in [5, 5.41) is 6.63. The van der Waals surface area contributed by atoms with E-state index in [1.807, 2.05) is 57.3 Å². The van der Waals surface area contributed by atoms with Crippen molar-refractivity contribution in [3.63, 3.8) is 0 Å². The van der Waals surface area contributed by atoms with Gasteiger partial charge in [0.2, 0.25) is 11.8 Å². The highest BCUT2D eigenvalue weighted by Gasteiger charge is 2.37. The van der Waals surface area contributed by atoms with Gasteiger partial charge in [-0.2, -0.15) is 0 Å². The third-order valence-electron chi connectivity index (χ3n) is 8.61. The van der Waals surface area contributed by atoms with Crippen molar-refractivity contribution in [3.05, 3.63) is 70.5 Å². The van der Waals surface area contributed by atoms with Crippen LogP contribution in [0.25, 0.3) is 0 Å². The number of likely N-dealkylation sites (N-methyl/N-ethyl adjacent to an activating group) is 1. The maximum Gasteiger partial charge on any atom is 0.233 e. The number of halogens is 1. The molecule has 45 heavy (non-hydrogen) atoms. The second-order valence-corrected chi connectivity index (χ2v) is 12.6. The van der Waals surface area contributed by atoms with E-state index >= 15 is 0 Å². The first-order valence-electron chi connectivity index (χ1n) is 15.6. The molecule has 10 nitrogen and oxygen atoms in total. The zero-order valence-electron chi connectivity index (χ0n) is 26.7. The number of aromatic nitrogens is 2. The number of anilines is 2. The van der Waals surface area contributed by atoms with Crippen molar-refractivity contribution in [1.82, 2.24) is 20.6 Å². The van der Waals surface area contributed by atoms with Crippen LogP contribution in [0.1, 0.15) is 62.3 Å². The smallest absolute Gasteiger partial charge is 0.233 e. The van der Waals surface area contributed by atoms with Crippen molar-refractivity contribution in [2.45, 2.75) is 64.1 Å². The van der Waals surface area contributed by atoms with Crippen molar-refractivity contribution >= 4 is 35.1 Å². The van der Waals surface area contributed by atoms with Crippen LogP contribution >= 0.6 is 11.6 Å². The predicted molar refractivity (Wildman–Crippen MR) is 176 cm³/mol. The average molecular weight is 635 g/mol. The van der Waals surface area contributed by atoms with Crippen LogP contribution in [0.2, 0.25) is 5.02 Å². The second kappa shape index (κ2) is 14.5. The molecule has 1 fully saturated rings. The highest BCUT2D eigenvalue weighted by molar-refractivity contribution is 6.30. The lowest BCUT2D eigenvalue weighted by Gasteiger charge is -2.37. The molecule has 240 valence electrons. The lowest BCUT2D eigenvalue weighted by atomic mass is 9.85. The van der Waals surface area contributed by atoms with Crippen LogP contribution in [-0.2, 0) is 16.0 Å². The van der Waals surface area contributed by atoms with Gasteiger partial charge in [0, 0.05) is 31.7 Å². The molecule has 2 heterocycles. The monoisotopic (exact) mass is 634 g/mol. The first-order valence-corrected chi connectivity index (χ1v) is 16.0. The highest BCUT2D eigenvalue weighted by Crippen LogP contribution is 2.43. The first kappa shape index (κ1) is 32.5. The van der Waals surface area contributed by atoms with Gasteiger partial charge in [-0.15, -0.1) is 0 Å². The number of ether oxygens (including phenoxy) is 2. The normalized spacial score (nSPS) is 19.7. The van der Waals surface area contributed by atoms with Crippen molar-refractivity contribution in [3.8, 4) is 11.5 Å². The zero-order chi connectivity index (χ0) is 32.1.